The molecule has 30 heavy (non-hydrogen) atoms. The number of hydrogen-bond acceptors (Lipinski definition) is 8. The number of aliphatic hydroxyl groups excluding tert-OH is 2. The molecule has 1 aliphatic heterocycles. The molecule has 9 nitrogen and oxygen atoms in total. The van der Waals surface area contributed by atoms with Crippen molar-refractivity contribution in [2.75, 3.05) is 23.3 Å². The van der Waals surface area contributed by atoms with Crippen molar-refractivity contribution in [3.63, 3.8) is 0 Å². The molecule has 1 aliphatic rings. The normalized spacial score (nSPS) is 20.7. The highest BCUT2D eigenvalue weighted by Crippen LogP contribution is 2.27. The zero-order valence-electron chi connectivity index (χ0n) is 17.2. The van der Waals surface area contributed by atoms with Crippen LogP contribution in [0.15, 0.2) is 24.5 Å². The molecule has 4 heterocycles. The molecule has 0 aromatic carbocycles. The lowest BCUT2D eigenvalue weighted by molar-refractivity contribution is 0.0612. The van der Waals surface area contributed by atoms with Gasteiger partial charge in [0.2, 0.25) is 5.95 Å². The number of fused-ring (bicyclic) bond motifs is 1. The van der Waals surface area contributed by atoms with Crippen LogP contribution >= 0.6 is 0 Å². The lowest BCUT2D eigenvalue weighted by atomic mass is 10.1. The summed E-state index contributed by atoms with van der Waals surface area (Å²) in [6.07, 6.45) is 0.655. The van der Waals surface area contributed by atoms with Crippen LogP contribution in [0.1, 0.15) is 45.2 Å². The Labute approximate surface area is 173 Å². The van der Waals surface area contributed by atoms with E-state index in [9.17, 15) is 14.6 Å². The van der Waals surface area contributed by atoms with Crippen molar-refractivity contribution in [1.29, 1.82) is 0 Å². The quantitative estimate of drug-likeness (QED) is 0.583. The monoisotopic (exact) mass is 415 g/mol. The molecule has 0 radical (unpaired) electrons. The summed E-state index contributed by atoms with van der Waals surface area (Å²) in [6.45, 7) is 6.31. The Morgan fingerprint density at radius 2 is 2.00 bits per heavy atom. The average molecular weight is 415 g/mol. The van der Waals surface area contributed by atoms with Crippen molar-refractivity contribution in [2.45, 2.75) is 51.6 Å². The van der Waals surface area contributed by atoms with Gasteiger partial charge in [0.05, 0.1) is 24.4 Å². The van der Waals surface area contributed by atoms with E-state index in [1.54, 1.807) is 30.3 Å². The van der Waals surface area contributed by atoms with E-state index >= 15 is 0 Å². The summed E-state index contributed by atoms with van der Waals surface area (Å²) >= 11 is 0. The molecule has 0 spiro atoms. The van der Waals surface area contributed by atoms with Crippen LogP contribution in [0, 0.1) is 0 Å². The van der Waals surface area contributed by atoms with E-state index in [0.717, 1.165) is 5.52 Å². The average Bonchev–Trinajstić information content (AvgIpc) is 3.10. The Morgan fingerprint density at radius 1 is 1.20 bits per heavy atom. The van der Waals surface area contributed by atoms with Gasteiger partial charge in [-0.25, -0.2) is 19.3 Å². The molecule has 0 aliphatic carbocycles. The van der Waals surface area contributed by atoms with Crippen molar-refractivity contribution in [3.8, 4) is 0 Å². The highest BCUT2D eigenvalue weighted by atomic mass is 19.1. The topological polar surface area (TPSA) is 112 Å². The molecule has 0 amide bonds. The first kappa shape index (κ1) is 20.4. The lowest BCUT2D eigenvalue weighted by Crippen LogP contribution is -2.45. The van der Waals surface area contributed by atoms with E-state index in [-0.39, 0.29) is 12.6 Å². The number of piperidine rings is 1. The fourth-order valence-electron chi connectivity index (χ4n) is 3.70. The van der Waals surface area contributed by atoms with Gasteiger partial charge in [-0.15, -0.1) is 0 Å². The molecule has 10 heteroatoms. The van der Waals surface area contributed by atoms with Crippen molar-refractivity contribution < 1.29 is 14.6 Å². The maximum Gasteiger partial charge on any atom is 0.227 e. The third kappa shape index (κ3) is 3.92. The largest absolute Gasteiger partial charge is 0.390 e. The molecular weight excluding hydrogens is 389 g/mol. The fourth-order valence-corrected chi connectivity index (χ4v) is 3.70. The number of aliphatic hydroxyl groups is 2. The van der Waals surface area contributed by atoms with Gasteiger partial charge in [-0.3, -0.25) is 0 Å². The number of hydrogen-bond donors (Lipinski definition) is 3. The van der Waals surface area contributed by atoms with Gasteiger partial charge in [-0.1, -0.05) is 0 Å². The number of nitrogens with zero attached hydrogens (tertiary/aromatic N) is 6. The first-order chi connectivity index (χ1) is 14.3. The summed E-state index contributed by atoms with van der Waals surface area (Å²) in [6, 6.07) is 3.69. The van der Waals surface area contributed by atoms with Crippen LogP contribution in [0.25, 0.3) is 11.0 Å². The van der Waals surface area contributed by atoms with Crippen LogP contribution in [0.4, 0.5) is 22.0 Å². The predicted octanol–water partition coefficient (Wildman–Crippen LogP) is 2.51. The van der Waals surface area contributed by atoms with Crippen LogP contribution in [0.3, 0.4) is 0 Å². The van der Waals surface area contributed by atoms with Crippen LogP contribution in [0.5, 0.6) is 0 Å². The summed E-state index contributed by atoms with van der Waals surface area (Å²) < 4.78 is 15.9. The van der Waals surface area contributed by atoms with Crippen LogP contribution in [0.2, 0.25) is 0 Å². The second-order valence-electron chi connectivity index (χ2n) is 7.85. The molecule has 3 aromatic heterocycles. The smallest absolute Gasteiger partial charge is 0.227 e. The Bertz CT molecular complexity index is 1040. The minimum Gasteiger partial charge on any atom is -0.390 e. The van der Waals surface area contributed by atoms with Gasteiger partial charge in [0.15, 0.2) is 0 Å². The van der Waals surface area contributed by atoms with Gasteiger partial charge in [-0.05, 0) is 33.3 Å². The molecule has 3 N–H and O–H groups in total. The number of halogens is 1. The minimum atomic E-state index is -1.32. The molecule has 3 atom stereocenters. The van der Waals surface area contributed by atoms with Crippen molar-refractivity contribution in [2.24, 2.45) is 0 Å². The molecule has 160 valence electrons. The molecular formula is C20H26FN7O2. The molecule has 4 rings (SSSR count). The van der Waals surface area contributed by atoms with Gasteiger partial charge in [0, 0.05) is 24.8 Å². The Morgan fingerprint density at radius 3 is 2.70 bits per heavy atom. The summed E-state index contributed by atoms with van der Waals surface area (Å²) in [4.78, 5) is 19.3. The first-order valence-electron chi connectivity index (χ1n) is 10.1. The number of imidazole rings is 1. The van der Waals surface area contributed by atoms with Gasteiger partial charge >= 0.3 is 0 Å². The third-order valence-electron chi connectivity index (χ3n) is 5.18. The molecule has 1 saturated heterocycles. The first-order valence-corrected chi connectivity index (χ1v) is 10.1. The van der Waals surface area contributed by atoms with E-state index in [2.05, 4.69) is 25.3 Å². The zero-order chi connectivity index (χ0) is 21.4. The van der Waals surface area contributed by atoms with Crippen LogP contribution in [-0.2, 0) is 0 Å². The van der Waals surface area contributed by atoms with Gasteiger partial charge in [-0.2, -0.15) is 4.98 Å². The van der Waals surface area contributed by atoms with Gasteiger partial charge in [0.1, 0.15) is 35.3 Å². The highest BCUT2D eigenvalue weighted by Gasteiger charge is 2.28. The minimum absolute atomic E-state index is 0.0600. The van der Waals surface area contributed by atoms with Crippen LogP contribution in [-0.4, -0.2) is 60.1 Å². The summed E-state index contributed by atoms with van der Waals surface area (Å²) in [5.41, 5.74) is 1.56. The standard InChI is InChI=1S/C20H26FN7O2/c1-11(2)28-15-8-18(23-9-14(15)24-19(28)12(3)29)25-17-4-6-22-20(26-17)27-7-5-16(30)13(21)10-27/h4,6,8-9,11-13,16,29-30H,5,7,10H2,1-3H3,(H,22,23,25,26)/t12-,13+,16-/m1/s1. The fraction of sp³-hybridized carbons (Fsp3) is 0.500. The Hall–Kier alpha value is -2.85. The summed E-state index contributed by atoms with van der Waals surface area (Å²) in [5, 5.41) is 22.8. The number of pyridine rings is 1. The van der Waals surface area contributed by atoms with Crippen LogP contribution < -0.4 is 10.2 Å². The summed E-state index contributed by atoms with van der Waals surface area (Å²) in [7, 11) is 0. The maximum atomic E-state index is 13.9. The molecule has 0 saturated carbocycles. The number of anilines is 3. The second-order valence-corrected chi connectivity index (χ2v) is 7.85. The van der Waals surface area contributed by atoms with Crippen molar-refractivity contribution in [3.05, 3.63) is 30.4 Å². The molecule has 1 fully saturated rings. The molecule has 3 aromatic rings. The SMILES string of the molecule is CC(C)n1c([C@@H](C)O)nc2cnc(Nc3ccnc(N4CC[C@@H](O)[C@@H](F)C4)n3)cc21. The van der Waals surface area contributed by atoms with Gasteiger partial charge in [0.25, 0.3) is 0 Å². The third-order valence-corrected chi connectivity index (χ3v) is 5.18. The lowest BCUT2D eigenvalue weighted by Gasteiger charge is -2.32. The maximum absolute atomic E-state index is 13.9. The van der Waals surface area contributed by atoms with Gasteiger partial charge < -0.3 is 25.0 Å². The van der Waals surface area contributed by atoms with E-state index in [4.69, 9.17) is 0 Å². The number of rotatable bonds is 5. The van der Waals surface area contributed by atoms with Crippen molar-refractivity contribution >= 4 is 28.6 Å². The van der Waals surface area contributed by atoms with E-state index in [0.29, 0.717) is 41.9 Å². The number of nitrogens with one attached hydrogen (secondary N) is 1. The molecule has 0 unspecified atom stereocenters. The predicted molar refractivity (Wildman–Crippen MR) is 112 cm³/mol. The van der Waals surface area contributed by atoms with E-state index in [1.807, 2.05) is 24.5 Å². The van der Waals surface area contributed by atoms with E-state index < -0.39 is 18.4 Å². The second kappa shape index (κ2) is 8.11. The van der Waals surface area contributed by atoms with Crippen molar-refractivity contribution in [1.82, 2.24) is 24.5 Å². The highest BCUT2D eigenvalue weighted by molar-refractivity contribution is 5.79. The number of alkyl halides is 1. The Kier molecular flexibility index (Phi) is 5.52. The Balaban J connectivity index is 1.61. The van der Waals surface area contributed by atoms with E-state index in [1.165, 1.54) is 0 Å². The summed E-state index contributed by atoms with van der Waals surface area (Å²) in [5.74, 6) is 2.10. The number of aromatic nitrogens is 5. The zero-order valence-corrected chi connectivity index (χ0v) is 17.2. The molecule has 0 bridgehead atoms.